The van der Waals surface area contributed by atoms with Gasteiger partial charge in [-0.25, -0.2) is 4.98 Å². The minimum atomic E-state index is -0.343. The van der Waals surface area contributed by atoms with Crippen molar-refractivity contribution < 1.29 is 5.11 Å². The van der Waals surface area contributed by atoms with Crippen molar-refractivity contribution in [3.05, 3.63) is 59.3 Å². The molecule has 120 valence electrons. The Morgan fingerprint density at radius 1 is 1.13 bits per heavy atom. The van der Waals surface area contributed by atoms with Crippen LogP contribution in [0.15, 0.2) is 42.6 Å². The highest BCUT2D eigenvalue weighted by atomic mass is 16.3. The van der Waals surface area contributed by atoms with Gasteiger partial charge in [0.1, 0.15) is 5.82 Å². The number of hydrogen-bond donors (Lipinski definition) is 2. The summed E-state index contributed by atoms with van der Waals surface area (Å²) in [6, 6.07) is 12.6. The van der Waals surface area contributed by atoms with E-state index in [9.17, 15) is 5.11 Å². The highest BCUT2D eigenvalue weighted by molar-refractivity contribution is 5.40. The maximum absolute atomic E-state index is 10.3. The number of aromatic nitrogens is 1. The Balaban J connectivity index is 1.41. The molecule has 1 aromatic carbocycles. The fourth-order valence-corrected chi connectivity index (χ4v) is 3.70. The molecule has 0 bridgehead atoms. The van der Waals surface area contributed by atoms with Crippen molar-refractivity contribution in [3.63, 3.8) is 0 Å². The second kappa shape index (κ2) is 6.30. The number of nitrogens with one attached hydrogen (secondary N) is 1. The number of fused-ring (bicyclic) bond motifs is 1. The first-order chi connectivity index (χ1) is 11.3. The molecule has 1 saturated heterocycles. The molecule has 0 saturated carbocycles. The molecule has 1 aromatic heterocycles. The van der Waals surface area contributed by atoms with Gasteiger partial charge >= 0.3 is 0 Å². The van der Waals surface area contributed by atoms with Gasteiger partial charge < -0.3 is 15.3 Å². The summed E-state index contributed by atoms with van der Waals surface area (Å²) in [6.45, 7) is 2.97. The number of hydrogen-bond acceptors (Lipinski definition) is 4. The summed E-state index contributed by atoms with van der Waals surface area (Å²) in [5.74, 6) is 1.08. The molecule has 4 rings (SSSR count). The van der Waals surface area contributed by atoms with Gasteiger partial charge in [-0.15, -0.1) is 0 Å². The molecule has 2 aromatic rings. The van der Waals surface area contributed by atoms with Crippen molar-refractivity contribution in [1.29, 1.82) is 0 Å². The molecule has 2 aliphatic rings. The van der Waals surface area contributed by atoms with Crippen molar-refractivity contribution in [2.75, 3.05) is 18.0 Å². The molecular weight excluding hydrogens is 286 g/mol. The van der Waals surface area contributed by atoms with Gasteiger partial charge in [-0.1, -0.05) is 30.3 Å². The number of nitrogens with zero attached hydrogens (tertiary/aromatic N) is 2. The van der Waals surface area contributed by atoms with E-state index in [4.69, 9.17) is 0 Å². The Bertz CT molecular complexity index is 665. The molecule has 1 aliphatic carbocycles. The highest BCUT2D eigenvalue weighted by Crippen LogP contribution is 2.31. The summed E-state index contributed by atoms with van der Waals surface area (Å²) in [7, 11) is 0. The lowest BCUT2D eigenvalue weighted by atomic mass is 10.1. The third-order valence-corrected chi connectivity index (χ3v) is 4.97. The van der Waals surface area contributed by atoms with Crippen LogP contribution in [0.3, 0.4) is 0 Å². The zero-order valence-corrected chi connectivity index (χ0v) is 13.3. The Morgan fingerprint density at radius 2 is 1.96 bits per heavy atom. The van der Waals surface area contributed by atoms with E-state index in [-0.39, 0.29) is 12.1 Å². The van der Waals surface area contributed by atoms with Gasteiger partial charge in [0.2, 0.25) is 0 Å². The largest absolute Gasteiger partial charge is 0.391 e. The maximum atomic E-state index is 10.3. The second-order valence-electron chi connectivity index (χ2n) is 6.55. The summed E-state index contributed by atoms with van der Waals surface area (Å²) in [5, 5.41) is 13.8. The van der Waals surface area contributed by atoms with Crippen molar-refractivity contribution >= 4 is 5.82 Å². The van der Waals surface area contributed by atoms with E-state index in [1.807, 2.05) is 18.3 Å². The van der Waals surface area contributed by atoms with E-state index in [1.165, 1.54) is 24.0 Å². The monoisotopic (exact) mass is 309 g/mol. The fourth-order valence-electron chi connectivity index (χ4n) is 3.70. The summed E-state index contributed by atoms with van der Waals surface area (Å²) < 4.78 is 0. The lowest BCUT2D eigenvalue weighted by Gasteiger charge is -2.19. The van der Waals surface area contributed by atoms with Crippen molar-refractivity contribution in [2.24, 2.45) is 0 Å². The first-order valence-electron chi connectivity index (χ1n) is 8.50. The third-order valence-electron chi connectivity index (χ3n) is 4.97. The normalized spacial score (nSPS) is 23.3. The number of aliphatic hydroxyl groups is 1. The molecule has 23 heavy (non-hydrogen) atoms. The predicted octanol–water partition coefficient (Wildman–Crippen LogP) is 2.43. The van der Waals surface area contributed by atoms with Crippen LogP contribution in [0.2, 0.25) is 0 Å². The van der Waals surface area contributed by atoms with E-state index in [0.717, 1.165) is 37.4 Å². The Hall–Kier alpha value is -1.91. The van der Waals surface area contributed by atoms with Gasteiger partial charge in [-0.2, -0.15) is 0 Å². The molecule has 1 fully saturated rings. The lowest BCUT2D eigenvalue weighted by molar-refractivity contribution is 0.140. The van der Waals surface area contributed by atoms with Gasteiger partial charge in [0, 0.05) is 32.3 Å². The molecule has 4 nitrogen and oxygen atoms in total. The molecule has 0 unspecified atom stereocenters. The average Bonchev–Trinajstić information content (AvgIpc) is 3.21. The van der Waals surface area contributed by atoms with E-state index < -0.39 is 0 Å². The molecule has 0 spiro atoms. The van der Waals surface area contributed by atoms with Crippen LogP contribution in [0.25, 0.3) is 0 Å². The van der Waals surface area contributed by atoms with E-state index in [1.54, 1.807) is 0 Å². The Kier molecular flexibility index (Phi) is 4.02. The van der Waals surface area contributed by atoms with Gasteiger partial charge in [0.15, 0.2) is 0 Å². The zero-order chi connectivity index (χ0) is 15.6. The van der Waals surface area contributed by atoms with Crippen LogP contribution in [0.5, 0.6) is 0 Å². The minimum Gasteiger partial charge on any atom is -0.391 e. The van der Waals surface area contributed by atoms with Crippen LogP contribution in [0.1, 0.15) is 35.6 Å². The van der Waals surface area contributed by atoms with Gasteiger partial charge in [0.05, 0.1) is 12.1 Å². The number of pyridine rings is 1. The van der Waals surface area contributed by atoms with Crippen molar-refractivity contribution in [3.8, 4) is 0 Å². The highest BCUT2D eigenvalue weighted by Gasteiger charge is 2.30. The first-order valence-corrected chi connectivity index (χ1v) is 8.50. The average molecular weight is 309 g/mol. The van der Waals surface area contributed by atoms with E-state index >= 15 is 0 Å². The molecule has 2 atom stereocenters. The standard InChI is InChI=1S/C19H23N3O/c23-17-11-15-5-1-2-6-16(15)19(17)21-13-14-7-8-18(20-12-14)22-9-3-4-10-22/h1-2,5-8,12,17,19,21,23H,3-4,9-11,13H2/t17-,19+/m0/s1. The smallest absolute Gasteiger partial charge is 0.128 e. The molecule has 0 amide bonds. The van der Waals surface area contributed by atoms with E-state index in [2.05, 4.69) is 39.5 Å². The number of anilines is 1. The third kappa shape index (κ3) is 2.96. The quantitative estimate of drug-likeness (QED) is 0.911. The van der Waals surface area contributed by atoms with Crippen molar-refractivity contribution in [2.45, 2.75) is 38.0 Å². The summed E-state index contributed by atoms with van der Waals surface area (Å²) >= 11 is 0. The van der Waals surface area contributed by atoms with Crippen molar-refractivity contribution in [1.82, 2.24) is 10.3 Å². The summed E-state index contributed by atoms with van der Waals surface area (Å²) in [6.07, 6.45) is 4.88. The summed E-state index contributed by atoms with van der Waals surface area (Å²) in [5.41, 5.74) is 3.63. The van der Waals surface area contributed by atoms with Crippen LogP contribution < -0.4 is 10.2 Å². The SMILES string of the molecule is O[C@H]1Cc2ccccc2[C@H]1NCc1ccc(N2CCCC2)nc1. The first kappa shape index (κ1) is 14.7. The number of aliphatic hydroxyl groups excluding tert-OH is 1. The molecule has 2 heterocycles. The topological polar surface area (TPSA) is 48.4 Å². The molecular formula is C19H23N3O. The van der Waals surface area contributed by atoms with Crippen LogP contribution in [0.4, 0.5) is 5.82 Å². The number of rotatable bonds is 4. The minimum absolute atomic E-state index is 0.0180. The zero-order valence-electron chi connectivity index (χ0n) is 13.3. The lowest BCUT2D eigenvalue weighted by Crippen LogP contribution is -2.28. The molecule has 0 radical (unpaired) electrons. The Labute approximate surface area is 137 Å². The van der Waals surface area contributed by atoms with Crippen LogP contribution in [-0.4, -0.2) is 29.3 Å². The maximum Gasteiger partial charge on any atom is 0.128 e. The summed E-state index contributed by atoms with van der Waals surface area (Å²) in [4.78, 5) is 6.93. The van der Waals surface area contributed by atoms with Crippen LogP contribution in [0, 0.1) is 0 Å². The molecule has 1 aliphatic heterocycles. The second-order valence-corrected chi connectivity index (χ2v) is 6.55. The Morgan fingerprint density at radius 3 is 2.74 bits per heavy atom. The van der Waals surface area contributed by atoms with Gasteiger partial charge in [0.25, 0.3) is 0 Å². The molecule has 2 N–H and O–H groups in total. The van der Waals surface area contributed by atoms with Gasteiger partial charge in [-0.05, 0) is 35.6 Å². The van der Waals surface area contributed by atoms with Crippen LogP contribution >= 0.6 is 0 Å². The molecule has 4 heteroatoms. The predicted molar refractivity (Wildman–Crippen MR) is 91.4 cm³/mol. The fraction of sp³-hybridized carbons (Fsp3) is 0.421. The number of benzene rings is 1. The van der Waals surface area contributed by atoms with Gasteiger partial charge in [-0.3, -0.25) is 0 Å². The van der Waals surface area contributed by atoms with Crippen LogP contribution in [-0.2, 0) is 13.0 Å². The van der Waals surface area contributed by atoms with E-state index in [0.29, 0.717) is 0 Å².